The first-order valence-corrected chi connectivity index (χ1v) is 5.45. The molecule has 0 saturated carbocycles. The van der Waals surface area contributed by atoms with E-state index in [1.165, 1.54) is 5.56 Å². The fourth-order valence-electron chi connectivity index (χ4n) is 2.02. The third-order valence-electron chi connectivity index (χ3n) is 2.86. The quantitative estimate of drug-likeness (QED) is 0.614. The summed E-state index contributed by atoms with van der Waals surface area (Å²) in [6, 6.07) is 18.2. The molecule has 0 aliphatic rings. The molecule has 0 atom stereocenters. The maximum absolute atomic E-state index is 9.05. The van der Waals surface area contributed by atoms with Crippen LogP contribution in [-0.2, 0) is 0 Å². The standard InChI is InChI=1S/C15H10N2/c16-10-13-7-4-8-17-11-14(9-15(13)17)12-5-2-1-3-6-12/h1-9,11H. The number of hydrogen-bond acceptors (Lipinski definition) is 1. The second kappa shape index (κ2) is 3.80. The summed E-state index contributed by atoms with van der Waals surface area (Å²) in [6.07, 6.45) is 4.01. The topological polar surface area (TPSA) is 28.2 Å². The summed E-state index contributed by atoms with van der Waals surface area (Å²) >= 11 is 0. The molecule has 2 heteroatoms. The summed E-state index contributed by atoms with van der Waals surface area (Å²) in [7, 11) is 0. The van der Waals surface area contributed by atoms with E-state index >= 15 is 0 Å². The Balaban J connectivity index is 2.25. The highest BCUT2D eigenvalue weighted by molar-refractivity contribution is 5.73. The van der Waals surface area contributed by atoms with Crippen LogP contribution in [-0.4, -0.2) is 4.40 Å². The van der Waals surface area contributed by atoms with Gasteiger partial charge >= 0.3 is 0 Å². The van der Waals surface area contributed by atoms with Gasteiger partial charge in [0.15, 0.2) is 0 Å². The number of rotatable bonds is 1. The van der Waals surface area contributed by atoms with Crippen LogP contribution in [0.3, 0.4) is 0 Å². The highest BCUT2D eigenvalue weighted by Crippen LogP contribution is 2.23. The molecule has 17 heavy (non-hydrogen) atoms. The first kappa shape index (κ1) is 9.68. The van der Waals surface area contributed by atoms with Crippen LogP contribution in [0.25, 0.3) is 16.6 Å². The van der Waals surface area contributed by atoms with E-state index in [4.69, 9.17) is 5.26 Å². The molecule has 0 aliphatic carbocycles. The zero-order valence-electron chi connectivity index (χ0n) is 9.17. The van der Waals surface area contributed by atoms with Gasteiger partial charge in [-0.15, -0.1) is 0 Å². The summed E-state index contributed by atoms with van der Waals surface area (Å²) in [5.41, 5.74) is 3.96. The van der Waals surface area contributed by atoms with Crippen molar-refractivity contribution in [1.29, 1.82) is 5.26 Å². The lowest BCUT2D eigenvalue weighted by Gasteiger charge is -1.94. The molecule has 0 amide bonds. The van der Waals surface area contributed by atoms with Crippen LogP contribution < -0.4 is 0 Å². The van der Waals surface area contributed by atoms with E-state index in [0.29, 0.717) is 5.56 Å². The van der Waals surface area contributed by atoms with Crippen LogP contribution in [0, 0.1) is 11.3 Å². The van der Waals surface area contributed by atoms with Crippen molar-refractivity contribution in [2.24, 2.45) is 0 Å². The van der Waals surface area contributed by atoms with Crippen LogP contribution >= 0.6 is 0 Å². The van der Waals surface area contributed by atoms with Crippen LogP contribution in [0.4, 0.5) is 0 Å². The fraction of sp³-hybridized carbons (Fsp3) is 0. The minimum atomic E-state index is 0.703. The van der Waals surface area contributed by atoms with Gasteiger partial charge in [-0.3, -0.25) is 0 Å². The van der Waals surface area contributed by atoms with Crippen LogP contribution in [0.1, 0.15) is 5.56 Å². The Morgan fingerprint density at radius 1 is 0.941 bits per heavy atom. The Kier molecular flexibility index (Phi) is 2.16. The van der Waals surface area contributed by atoms with Gasteiger partial charge in [0.25, 0.3) is 0 Å². The van der Waals surface area contributed by atoms with Gasteiger partial charge in [-0.1, -0.05) is 30.3 Å². The molecule has 2 aromatic heterocycles. The van der Waals surface area contributed by atoms with Crippen LogP contribution in [0.5, 0.6) is 0 Å². The molecule has 2 heterocycles. The highest BCUT2D eigenvalue weighted by atomic mass is 14.9. The van der Waals surface area contributed by atoms with Gasteiger partial charge in [-0.25, -0.2) is 0 Å². The number of benzene rings is 1. The molecule has 3 rings (SSSR count). The zero-order valence-corrected chi connectivity index (χ0v) is 9.17. The molecular formula is C15H10N2. The minimum Gasteiger partial charge on any atom is -0.322 e. The molecule has 2 nitrogen and oxygen atoms in total. The second-order valence-corrected chi connectivity index (χ2v) is 3.92. The third kappa shape index (κ3) is 1.58. The third-order valence-corrected chi connectivity index (χ3v) is 2.86. The van der Waals surface area contributed by atoms with Crippen molar-refractivity contribution < 1.29 is 0 Å². The molecule has 3 aromatic rings. The van der Waals surface area contributed by atoms with Gasteiger partial charge < -0.3 is 4.40 Å². The van der Waals surface area contributed by atoms with Crippen LogP contribution in [0.15, 0.2) is 60.9 Å². The Morgan fingerprint density at radius 2 is 1.76 bits per heavy atom. The number of pyridine rings is 1. The van der Waals surface area contributed by atoms with Gasteiger partial charge in [0.2, 0.25) is 0 Å². The van der Waals surface area contributed by atoms with E-state index in [9.17, 15) is 0 Å². The van der Waals surface area contributed by atoms with Crippen molar-refractivity contribution >= 4 is 5.52 Å². The van der Waals surface area contributed by atoms with Gasteiger partial charge in [0, 0.05) is 18.0 Å². The van der Waals surface area contributed by atoms with Crippen molar-refractivity contribution in [1.82, 2.24) is 4.40 Å². The molecule has 0 fully saturated rings. The monoisotopic (exact) mass is 218 g/mol. The molecule has 0 bridgehead atoms. The van der Waals surface area contributed by atoms with Crippen molar-refractivity contribution in [3.8, 4) is 17.2 Å². The average Bonchev–Trinajstić information content (AvgIpc) is 2.83. The van der Waals surface area contributed by atoms with Gasteiger partial charge in [-0.05, 0) is 23.8 Å². The number of hydrogen-bond donors (Lipinski definition) is 0. The lowest BCUT2D eigenvalue weighted by molar-refractivity contribution is 1.19. The molecule has 80 valence electrons. The molecule has 0 N–H and O–H groups in total. The molecule has 0 unspecified atom stereocenters. The highest BCUT2D eigenvalue weighted by Gasteiger charge is 2.04. The summed E-state index contributed by atoms with van der Waals surface area (Å²) in [5.74, 6) is 0. The molecule has 0 radical (unpaired) electrons. The second-order valence-electron chi connectivity index (χ2n) is 3.92. The molecule has 0 saturated heterocycles. The number of nitrogens with zero attached hydrogens (tertiary/aromatic N) is 2. The van der Waals surface area contributed by atoms with Gasteiger partial charge in [-0.2, -0.15) is 5.26 Å². The lowest BCUT2D eigenvalue weighted by atomic mass is 10.1. The summed E-state index contributed by atoms with van der Waals surface area (Å²) in [4.78, 5) is 0. The predicted molar refractivity (Wildman–Crippen MR) is 67.5 cm³/mol. The van der Waals surface area contributed by atoms with Gasteiger partial charge in [0.05, 0.1) is 11.1 Å². The Labute approximate surface area is 99.4 Å². The van der Waals surface area contributed by atoms with E-state index in [1.807, 2.05) is 53.2 Å². The molecule has 0 aliphatic heterocycles. The normalized spacial score (nSPS) is 10.3. The first-order valence-electron chi connectivity index (χ1n) is 5.45. The van der Waals surface area contributed by atoms with Crippen molar-refractivity contribution in [3.63, 3.8) is 0 Å². The van der Waals surface area contributed by atoms with Crippen molar-refractivity contribution in [2.75, 3.05) is 0 Å². The molecule has 1 aromatic carbocycles. The van der Waals surface area contributed by atoms with Crippen molar-refractivity contribution in [2.45, 2.75) is 0 Å². The smallest absolute Gasteiger partial charge is 0.101 e. The van der Waals surface area contributed by atoms with E-state index in [0.717, 1.165) is 11.1 Å². The Bertz CT molecular complexity index is 703. The maximum atomic E-state index is 9.05. The minimum absolute atomic E-state index is 0.703. The SMILES string of the molecule is N#Cc1cccn2cc(-c3ccccc3)cc12. The molecule has 0 spiro atoms. The van der Waals surface area contributed by atoms with Crippen LogP contribution in [0.2, 0.25) is 0 Å². The van der Waals surface area contributed by atoms with Crippen molar-refractivity contribution in [3.05, 3.63) is 66.5 Å². The number of nitriles is 1. The summed E-state index contributed by atoms with van der Waals surface area (Å²) < 4.78 is 1.99. The van der Waals surface area contributed by atoms with E-state index in [1.54, 1.807) is 0 Å². The van der Waals surface area contributed by atoms with Gasteiger partial charge in [0.1, 0.15) is 6.07 Å². The number of aromatic nitrogens is 1. The van der Waals surface area contributed by atoms with E-state index in [2.05, 4.69) is 18.2 Å². The largest absolute Gasteiger partial charge is 0.322 e. The summed E-state index contributed by atoms with van der Waals surface area (Å²) in [5, 5.41) is 9.05. The average molecular weight is 218 g/mol. The predicted octanol–water partition coefficient (Wildman–Crippen LogP) is 3.48. The number of fused-ring (bicyclic) bond motifs is 1. The maximum Gasteiger partial charge on any atom is 0.101 e. The Hall–Kier alpha value is -2.53. The lowest BCUT2D eigenvalue weighted by Crippen LogP contribution is -1.83. The first-order chi connectivity index (χ1) is 8.38. The van der Waals surface area contributed by atoms with E-state index in [-0.39, 0.29) is 0 Å². The summed E-state index contributed by atoms with van der Waals surface area (Å²) in [6.45, 7) is 0. The zero-order chi connectivity index (χ0) is 11.7. The molecular weight excluding hydrogens is 208 g/mol. The van der Waals surface area contributed by atoms with E-state index < -0.39 is 0 Å². The Morgan fingerprint density at radius 3 is 2.53 bits per heavy atom. The fourth-order valence-corrected chi connectivity index (χ4v) is 2.02.